The van der Waals surface area contributed by atoms with Crippen molar-refractivity contribution in [2.45, 2.75) is 82.1 Å². The number of benzene rings is 1. The minimum absolute atomic E-state index is 0.0311. The van der Waals surface area contributed by atoms with Gasteiger partial charge in [0.15, 0.2) is 5.78 Å². The number of allylic oxidation sites excluding steroid dienone is 2. The fourth-order valence-electron chi connectivity index (χ4n) is 4.23. The van der Waals surface area contributed by atoms with E-state index in [1.807, 2.05) is 24.3 Å². The lowest BCUT2D eigenvalue weighted by Crippen LogP contribution is -2.18. The Kier molecular flexibility index (Phi) is 10.6. The smallest absolute Gasteiger partial charge is 0.305 e. The van der Waals surface area contributed by atoms with E-state index in [1.54, 1.807) is 0 Å². The van der Waals surface area contributed by atoms with Gasteiger partial charge in [-0.25, -0.2) is 0 Å². The van der Waals surface area contributed by atoms with Crippen LogP contribution in [0.4, 0.5) is 0 Å². The van der Waals surface area contributed by atoms with Gasteiger partial charge in [0.05, 0.1) is 13.2 Å². The van der Waals surface area contributed by atoms with Crippen molar-refractivity contribution in [3.63, 3.8) is 0 Å². The Labute approximate surface area is 185 Å². The van der Waals surface area contributed by atoms with Crippen molar-refractivity contribution in [3.8, 4) is 0 Å². The second kappa shape index (κ2) is 12.9. The first-order chi connectivity index (χ1) is 14.5. The maximum Gasteiger partial charge on any atom is 0.305 e. The molecule has 0 bridgehead atoms. The molecule has 30 heavy (non-hydrogen) atoms. The van der Waals surface area contributed by atoms with E-state index in [4.69, 9.17) is 11.6 Å². The second-order valence-electron chi connectivity index (χ2n) is 8.19. The number of carbonyl (C=O) groups is 2. The number of hydrogen-bond donors (Lipinski definition) is 1. The van der Waals surface area contributed by atoms with Crippen LogP contribution in [0.25, 0.3) is 0 Å². The van der Waals surface area contributed by atoms with Crippen LogP contribution in [0.2, 0.25) is 0 Å². The predicted molar refractivity (Wildman–Crippen MR) is 121 cm³/mol. The molecule has 1 aromatic carbocycles. The van der Waals surface area contributed by atoms with Crippen LogP contribution in [-0.4, -0.2) is 35.4 Å². The average Bonchev–Trinajstić information content (AvgIpc) is 3.03. The second-order valence-corrected chi connectivity index (χ2v) is 8.75. The van der Waals surface area contributed by atoms with Gasteiger partial charge in [0.25, 0.3) is 0 Å². The van der Waals surface area contributed by atoms with Crippen LogP contribution in [0.5, 0.6) is 0 Å². The van der Waals surface area contributed by atoms with Gasteiger partial charge in [-0.15, -0.1) is 11.6 Å². The van der Waals surface area contributed by atoms with E-state index in [2.05, 4.69) is 23.8 Å². The third-order valence-electron chi connectivity index (χ3n) is 5.99. The number of unbranched alkanes of at least 4 members (excludes halogenated alkanes) is 3. The largest absolute Gasteiger partial charge is 0.469 e. The Balaban J connectivity index is 1.95. The summed E-state index contributed by atoms with van der Waals surface area (Å²) in [4.78, 5) is 23.5. The number of hydrogen-bond acceptors (Lipinski definition) is 4. The molecule has 0 unspecified atom stereocenters. The molecule has 0 heterocycles. The number of alkyl halides is 1. The van der Waals surface area contributed by atoms with Gasteiger partial charge in [0.1, 0.15) is 0 Å². The zero-order chi connectivity index (χ0) is 21.9. The number of ether oxygens (including phenoxy) is 1. The molecular weight excluding hydrogens is 400 g/mol. The molecule has 1 fully saturated rings. The molecule has 4 atom stereocenters. The van der Waals surface area contributed by atoms with Crippen LogP contribution in [0.15, 0.2) is 36.4 Å². The predicted octanol–water partition coefficient (Wildman–Crippen LogP) is 5.81. The summed E-state index contributed by atoms with van der Waals surface area (Å²) >= 11 is 6.56. The highest BCUT2D eigenvalue weighted by molar-refractivity contribution is 6.21. The van der Waals surface area contributed by atoms with Crippen LogP contribution < -0.4 is 0 Å². The summed E-state index contributed by atoms with van der Waals surface area (Å²) in [5.74, 6) is 0.111. The normalized spacial score (nSPS) is 23.7. The van der Waals surface area contributed by atoms with Crippen molar-refractivity contribution in [3.05, 3.63) is 47.5 Å². The van der Waals surface area contributed by atoms with Crippen molar-refractivity contribution in [1.82, 2.24) is 0 Å². The first-order valence-corrected chi connectivity index (χ1v) is 11.6. The van der Waals surface area contributed by atoms with Crippen LogP contribution in [0, 0.1) is 5.92 Å². The first-order valence-electron chi connectivity index (χ1n) is 11.1. The molecule has 2 rings (SSSR count). The van der Waals surface area contributed by atoms with E-state index in [-0.39, 0.29) is 29.0 Å². The summed E-state index contributed by atoms with van der Waals surface area (Å²) < 4.78 is 4.65. The Morgan fingerprint density at radius 3 is 2.53 bits per heavy atom. The van der Waals surface area contributed by atoms with Gasteiger partial charge in [0.2, 0.25) is 0 Å². The number of halogens is 1. The fourth-order valence-corrected chi connectivity index (χ4v) is 4.68. The quantitative estimate of drug-likeness (QED) is 0.148. The summed E-state index contributed by atoms with van der Waals surface area (Å²) in [6.07, 6.45) is 10.8. The van der Waals surface area contributed by atoms with Gasteiger partial charge in [0, 0.05) is 29.7 Å². The highest BCUT2D eigenvalue weighted by Gasteiger charge is 2.41. The van der Waals surface area contributed by atoms with Crippen molar-refractivity contribution in [2.24, 2.45) is 5.92 Å². The number of methoxy groups -OCH3 is 1. The first kappa shape index (κ1) is 24.6. The Morgan fingerprint density at radius 1 is 1.13 bits per heavy atom. The van der Waals surface area contributed by atoms with Crippen LogP contribution >= 0.6 is 11.6 Å². The van der Waals surface area contributed by atoms with Gasteiger partial charge in [-0.2, -0.15) is 0 Å². The monoisotopic (exact) mass is 434 g/mol. The van der Waals surface area contributed by atoms with E-state index >= 15 is 0 Å². The topological polar surface area (TPSA) is 63.6 Å². The van der Waals surface area contributed by atoms with Crippen molar-refractivity contribution < 1.29 is 19.4 Å². The SMILES string of the molecule is CCCCCC(=O)c1ccc([C@@H]2[C@@H](C/C=C\CCCC(=O)OC)[C@H](Cl)C[C@H]2O)cc1. The minimum Gasteiger partial charge on any atom is -0.469 e. The zero-order valence-electron chi connectivity index (χ0n) is 18.2. The number of carbonyl (C=O) groups excluding carboxylic acids is 2. The summed E-state index contributed by atoms with van der Waals surface area (Å²) in [6, 6.07) is 7.72. The number of Topliss-reactive ketones (excluding diaryl/α,β-unsaturated/α-hetero) is 1. The Hall–Kier alpha value is -1.65. The molecule has 0 aliphatic heterocycles. The average molecular weight is 435 g/mol. The third-order valence-corrected chi connectivity index (χ3v) is 6.49. The van der Waals surface area contributed by atoms with Crippen LogP contribution in [-0.2, 0) is 9.53 Å². The Bertz CT molecular complexity index is 698. The summed E-state index contributed by atoms with van der Waals surface area (Å²) in [5, 5.41) is 10.5. The van der Waals surface area contributed by atoms with Gasteiger partial charge >= 0.3 is 5.97 Å². The van der Waals surface area contributed by atoms with E-state index in [1.165, 1.54) is 7.11 Å². The Morgan fingerprint density at radius 2 is 1.87 bits per heavy atom. The lowest BCUT2D eigenvalue weighted by atomic mass is 9.85. The van der Waals surface area contributed by atoms with Gasteiger partial charge < -0.3 is 9.84 Å². The summed E-state index contributed by atoms with van der Waals surface area (Å²) in [5.41, 5.74) is 1.78. The van der Waals surface area contributed by atoms with Gasteiger partial charge in [-0.1, -0.05) is 56.2 Å². The number of ketones is 1. The molecule has 4 nitrogen and oxygen atoms in total. The lowest BCUT2D eigenvalue weighted by Gasteiger charge is -2.23. The van der Waals surface area contributed by atoms with E-state index < -0.39 is 6.10 Å². The van der Waals surface area contributed by atoms with Crippen molar-refractivity contribution in [2.75, 3.05) is 7.11 Å². The summed E-state index contributed by atoms with van der Waals surface area (Å²) in [6.45, 7) is 2.13. The molecule has 1 saturated carbocycles. The van der Waals surface area contributed by atoms with Gasteiger partial charge in [-0.3, -0.25) is 9.59 Å². The lowest BCUT2D eigenvalue weighted by molar-refractivity contribution is -0.140. The minimum atomic E-state index is -0.476. The zero-order valence-corrected chi connectivity index (χ0v) is 18.9. The molecule has 1 aliphatic rings. The molecule has 0 aromatic heterocycles. The maximum absolute atomic E-state index is 12.3. The molecule has 1 aromatic rings. The highest BCUT2D eigenvalue weighted by atomic mass is 35.5. The van der Waals surface area contributed by atoms with E-state index in [0.717, 1.165) is 49.7 Å². The molecule has 1 N–H and O–H groups in total. The number of aliphatic hydroxyl groups excluding tert-OH is 1. The number of aliphatic hydroxyl groups is 1. The van der Waals surface area contributed by atoms with Crippen LogP contribution in [0.3, 0.4) is 0 Å². The van der Waals surface area contributed by atoms with Crippen molar-refractivity contribution in [1.29, 1.82) is 0 Å². The third kappa shape index (κ3) is 7.24. The molecule has 1 aliphatic carbocycles. The number of esters is 1. The fraction of sp³-hybridized carbons (Fsp3) is 0.600. The van der Waals surface area contributed by atoms with Crippen LogP contribution in [0.1, 0.15) is 86.6 Å². The molecule has 0 saturated heterocycles. The van der Waals surface area contributed by atoms with Gasteiger partial charge in [-0.05, 0) is 43.6 Å². The molecule has 0 radical (unpaired) electrons. The highest BCUT2D eigenvalue weighted by Crippen LogP contribution is 2.44. The molecular formula is C25H35ClO4. The number of rotatable bonds is 12. The molecule has 0 amide bonds. The standard InChI is InChI=1S/C25H35ClO4/c1-3-4-7-11-22(27)18-13-15-19(16-14-18)25-20(21(26)17-23(25)28)10-8-5-6-9-12-24(29)30-2/h5,8,13-16,20-21,23,25,28H,3-4,6-7,9-12,17H2,1-2H3/b8-5-/t20-,21+,23+,25+/m0/s1. The van der Waals surface area contributed by atoms with E-state index in [9.17, 15) is 14.7 Å². The molecule has 166 valence electrons. The maximum atomic E-state index is 12.3. The molecule has 5 heteroatoms. The molecule has 0 spiro atoms. The van der Waals surface area contributed by atoms with E-state index in [0.29, 0.717) is 19.3 Å². The van der Waals surface area contributed by atoms with Crippen molar-refractivity contribution >= 4 is 23.4 Å². The summed E-state index contributed by atoms with van der Waals surface area (Å²) in [7, 11) is 1.40.